The van der Waals surface area contributed by atoms with E-state index in [9.17, 15) is 0 Å². The molecule has 0 aromatic rings. The molecule has 4 heteroatoms. The first kappa shape index (κ1) is 48.9. The summed E-state index contributed by atoms with van der Waals surface area (Å²) in [5.41, 5.74) is 0. The molecule has 0 aliphatic carbocycles. The zero-order valence-electron chi connectivity index (χ0n) is 1.59. The van der Waals surface area contributed by atoms with Crippen LogP contribution in [0.1, 0.15) is 0 Å². The van der Waals surface area contributed by atoms with E-state index >= 15 is 0 Å². The van der Waals surface area contributed by atoms with Crippen molar-refractivity contribution in [2.75, 3.05) is 0 Å². The molecule has 0 amide bonds. The van der Waals surface area contributed by atoms with Crippen LogP contribution in [0.5, 0.6) is 0 Å². The van der Waals surface area contributed by atoms with Gasteiger partial charge in [0.1, 0.15) is 0 Å². The predicted molar refractivity (Wildman–Crippen MR) is 32.8 cm³/mol. The topological polar surface area (TPSA) is 0 Å². The van der Waals surface area contributed by atoms with Crippen LogP contribution >= 0.6 is 23.4 Å². The molecule has 0 heterocycles. The van der Waals surface area contributed by atoms with E-state index in [-0.39, 0.29) is 51.4 Å². The Bertz CT molecular complexity index is 8.00. The summed E-state index contributed by atoms with van der Waals surface area (Å²) < 4.78 is 0. The van der Waals surface area contributed by atoms with Gasteiger partial charge in [0.05, 0.1) is 0 Å². The van der Waals surface area contributed by atoms with Crippen LogP contribution in [0.3, 0.4) is 0 Å². The number of hydrogen-bond acceptors (Lipinski definition) is 0. The van der Waals surface area contributed by atoms with Gasteiger partial charge in [0, 0.05) is 17.1 Å². The summed E-state index contributed by atoms with van der Waals surface area (Å²) in [6, 6.07) is 0. The average Bonchev–Trinajstić information content (AvgIpc) is 0. The van der Waals surface area contributed by atoms with Crippen LogP contribution in [-0.2, 0) is 17.1 Å². The second-order valence-corrected chi connectivity index (χ2v) is 0. The normalized spacial score (nSPS) is 0. The molecule has 0 aliphatic rings. The van der Waals surface area contributed by atoms with Gasteiger partial charge >= 0.3 is 0 Å². The van der Waals surface area contributed by atoms with E-state index < -0.39 is 0 Å². The van der Waals surface area contributed by atoms with Crippen molar-refractivity contribution < 1.29 is 17.1 Å². The molecule has 1 atom stereocenters. The Hall–Kier alpha value is 1.52. The van der Waals surface area contributed by atoms with Crippen LogP contribution in [-0.4, -0.2) is 11.0 Å². The minimum absolute atomic E-state index is 0. The molecular formula is H9MnPSSi. The maximum absolute atomic E-state index is 0. The van der Waals surface area contributed by atoms with Crippen molar-refractivity contribution in [2.24, 2.45) is 0 Å². The number of hydrogen-bond donors (Lipinski definition) is 0. The quantitative estimate of drug-likeness (QED) is 0.302. The minimum atomic E-state index is 0. The van der Waals surface area contributed by atoms with E-state index in [1.165, 1.54) is 0 Å². The molecule has 0 aromatic heterocycles. The van der Waals surface area contributed by atoms with Crippen LogP contribution < -0.4 is 0 Å². The third-order valence-corrected chi connectivity index (χ3v) is 0. The fraction of sp³-hybridized carbons (Fsp3) is 0. The van der Waals surface area contributed by atoms with E-state index in [0.717, 1.165) is 0 Å². The molecule has 0 fully saturated rings. The van der Waals surface area contributed by atoms with Crippen LogP contribution in [0, 0.1) is 0 Å². The van der Waals surface area contributed by atoms with Gasteiger partial charge in [-0.2, -0.15) is 23.4 Å². The Morgan fingerprint density at radius 1 is 1.00 bits per heavy atom. The van der Waals surface area contributed by atoms with E-state index in [2.05, 4.69) is 0 Å². The Morgan fingerprint density at radius 2 is 1.00 bits per heavy atom. The molecule has 0 saturated carbocycles. The van der Waals surface area contributed by atoms with Gasteiger partial charge < -0.3 is 0 Å². The molecule has 1 radical (unpaired) electrons. The Morgan fingerprint density at radius 3 is 1.00 bits per heavy atom. The van der Waals surface area contributed by atoms with Gasteiger partial charge in [0.2, 0.25) is 0 Å². The van der Waals surface area contributed by atoms with Crippen molar-refractivity contribution in [3.63, 3.8) is 0 Å². The first-order valence-corrected chi connectivity index (χ1v) is 0. The Labute approximate surface area is 51.7 Å². The molecular weight excluding hydrogens is 146 g/mol. The van der Waals surface area contributed by atoms with Crippen LogP contribution in [0.15, 0.2) is 0 Å². The van der Waals surface area contributed by atoms with Crippen molar-refractivity contribution in [2.45, 2.75) is 0 Å². The van der Waals surface area contributed by atoms with E-state index in [1.54, 1.807) is 0 Å². The van der Waals surface area contributed by atoms with Crippen molar-refractivity contribution in [1.82, 2.24) is 0 Å². The van der Waals surface area contributed by atoms with Crippen molar-refractivity contribution in [3.8, 4) is 0 Å². The van der Waals surface area contributed by atoms with Crippen LogP contribution in [0.2, 0.25) is 0 Å². The predicted octanol–water partition coefficient (Wildman–Crippen LogP) is -1.28. The zero-order chi connectivity index (χ0) is 0. The number of rotatable bonds is 0. The van der Waals surface area contributed by atoms with Gasteiger partial charge in [-0.25, -0.2) is 0 Å². The van der Waals surface area contributed by atoms with E-state index in [4.69, 9.17) is 0 Å². The third-order valence-electron chi connectivity index (χ3n) is 0. The SMILES string of the molecule is P.S.[Mn].[SiH4]. The maximum Gasteiger partial charge on any atom is 0 e. The molecule has 0 aromatic carbocycles. The minimum Gasteiger partial charge on any atom is -0.197 e. The molecule has 0 saturated heterocycles. The fourth-order valence-corrected chi connectivity index (χ4v) is 0. The largest absolute Gasteiger partial charge is 0.197 e. The second-order valence-electron chi connectivity index (χ2n) is 0. The summed E-state index contributed by atoms with van der Waals surface area (Å²) in [6.45, 7) is 0. The van der Waals surface area contributed by atoms with Crippen LogP contribution in [0.25, 0.3) is 0 Å². The zero-order valence-corrected chi connectivity index (χ0v) is 5.18. The molecule has 0 bridgehead atoms. The Kier molecular flexibility index (Phi) is 297. The molecule has 0 aliphatic heterocycles. The summed E-state index contributed by atoms with van der Waals surface area (Å²) >= 11 is 0. The summed E-state index contributed by atoms with van der Waals surface area (Å²) in [5, 5.41) is 0. The maximum atomic E-state index is 0. The van der Waals surface area contributed by atoms with Crippen molar-refractivity contribution in [1.29, 1.82) is 0 Å². The van der Waals surface area contributed by atoms with Crippen molar-refractivity contribution in [3.05, 3.63) is 0 Å². The smallest absolute Gasteiger partial charge is 0 e. The molecule has 1 unspecified atom stereocenters. The first-order chi connectivity index (χ1) is 0. The summed E-state index contributed by atoms with van der Waals surface area (Å²) in [6.07, 6.45) is 0. The molecule has 0 N–H and O–H groups in total. The van der Waals surface area contributed by atoms with Gasteiger partial charge in [-0.05, 0) is 11.0 Å². The van der Waals surface area contributed by atoms with E-state index in [0.29, 0.717) is 0 Å². The summed E-state index contributed by atoms with van der Waals surface area (Å²) in [7, 11) is 0. The summed E-state index contributed by atoms with van der Waals surface area (Å²) in [4.78, 5) is 0. The van der Waals surface area contributed by atoms with Gasteiger partial charge in [-0.1, -0.05) is 0 Å². The van der Waals surface area contributed by atoms with Gasteiger partial charge in [0.25, 0.3) is 0 Å². The second kappa shape index (κ2) is 24.3. The van der Waals surface area contributed by atoms with Crippen LogP contribution in [0.4, 0.5) is 0 Å². The Balaban J connectivity index is 0. The third kappa shape index (κ3) is 9.68. The molecule has 0 nitrogen and oxygen atoms in total. The average molecular weight is 155 g/mol. The molecule has 0 rings (SSSR count). The first-order valence-electron chi connectivity index (χ1n) is 0. The monoisotopic (exact) mass is 155 g/mol. The standard InChI is InChI=1S/Mn.H3P.H2S.H4Si/h;1H3;1H2;1H4. The molecule has 4 heavy (non-hydrogen) atoms. The van der Waals surface area contributed by atoms with Crippen molar-refractivity contribution >= 4 is 34.4 Å². The van der Waals surface area contributed by atoms with Gasteiger partial charge in [0.15, 0.2) is 0 Å². The van der Waals surface area contributed by atoms with E-state index in [1.807, 2.05) is 0 Å². The van der Waals surface area contributed by atoms with Gasteiger partial charge in [-0.15, -0.1) is 0 Å². The fourth-order valence-electron chi connectivity index (χ4n) is 0. The molecule has 0 spiro atoms. The van der Waals surface area contributed by atoms with Gasteiger partial charge in [-0.3, -0.25) is 0 Å². The molecule has 31 valence electrons. The summed E-state index contributed by atoms with van der Waals surface area (Å²) in [5.74, 6) is 0.